The lowest BCUT2D eigenvalue weighted by atomic mass is 10.3. The number of fused-ring (bicyclic) bond motifs is 1. The van der Waals surface area contributed by atoms with Gasteiger partial charge in [0.15, 0.2) is 0 Å². The highest BCUT2D eigenvalue weighted by Crippen LogP contribution is 2.18. The second-order valence-corrected chi connectivity index (χ2v) is 4.57. The Morgan fingerprint density at radius 3 is 2.19 bits per heavy atom. The van der Waals surface area contributed by atoms with Gasteiger partial charge in [-0.05, 0) is 33.8 Å². The van der Waals surface area contributed by atoms with Crippen LogP contribution in [-0.4, -0.2) is 14.1 Å². The molecule has 0 saturated carbocycles. The minimum Gasteiger partial charge on any atom is -0.289 e. The van der Waals surface area contributed by atoms with Crippen molar-refractivity contribution in [2.75, 3.05) is 0 Å². The summed E-state index contributed by atoms with van der Waals surface area (Å²) >= 11 is 0. The fraction of sp³-hybridized carbons (Fsp3) is 0.500. The van der Waals surface area contributed by atoms with E-state index in [4.69, 9.17) is 0 Å². The van der Waals surface area contributed by atoms with Crippen LogP contribution in [0.3, 0.4) is 0 Å². The molecule has 0 aliphatic heterocycles. The van der Waals surface area contributed by atoms with Gasteiger partial charge in [-0.2, -0.15) is 0 Å². The first-order valence-electron chi connectivity index (χ1n) is 5.60. The summed E-state index contributed by atoms with van der Waals surface area (Å²) in [6, 6.07) is 2.21. The van der Waals surface area contributed by atoms with Gasteiger partial charge in [-0.3, -0.25) is 14.1 Å². The van der Waals surface area contributed by atoms with Crippen molar-refractivity contribution in [3.8, 4) is 0 Å². The first kappa shape index (κ1) is 10.9. The summed E-state index contributed by atoms with van der Waals surface area (Å²) in [4.78, 5) is 16.4. The largest absolute Gasteiger partial charge is 0.329 e. The smallest absolute Gasteiger partial charge is 0.289 e. The minimum absolute atomic E-state index is 0.0491. The molecule has 2 rings (SSSR count). The third-order valence-electron chi connectivity index (χ3n) is 2.74. The van der Waals surface area contributed by atoms with Crippen LogP contribution >= 0.6 is 0 Å². The van der Waals surface area contributed by atoms with E-state index >= 15 is 0 Å². The number of pyridine rings is 1. The maximum atomic E-state index is 12.3. The van der Waals surface area contributed by atoms with Crippen LogP contribution in [0.4, 0.5) is 0 Å². The molecular weight excluding hydrogens is 202 g/mol. The fourth-order valence-corrected chi connectivity index (χ4v) is 2.09. The maximum Gasteiger partial charge on any atom is 0.329 e. The molecule has 4 heteroatoms. The summed E-state index contributed by atoms with van der Waals surface area (Å²) in [5.74, 6) is 0. The van der Waals surface area contributed by atoms with E-state index in [2.05, 4.69) is 4.98 Å². The molecule has 0 spiro atoms. The lowest BCUT2D eigenvalue weighted by Crippen LogP contribution is -2.26. The average Bonchev–Trinajstić information content (AvgIpc) is 2.49. The van der Waals surface area contributed by atoms with Crippen LogP contribution in [0.1, 0.15) is 39.8 Å². The van der Waals surface area contributed by atoms with E-state index in [1.165, 1.54) is 0 Å². The molecular formula is C12H17N3O. The lowest BCUT2D eigenvalue weighted by Gasteiger charge is -2.07. The van der Waals surface area contributed by atoms with Crippen LogP contribution in [-0.2, 0) is 0 Å². The van der Waals surface area contributed by atoms with E-state index in [-0.39, 0.29) is 17.8 Å². The van der Waals surface area contributed by atoms with Crippen LogP contribution in [0, 0.1) is 0 Å². The molecule has 0 saturated heterocycles. The van der Waals surface area contributed by atoms with Crippen molar-refractivity contribution >= 4 is 11.0 Å². The summed E-state index contributed by atoms with van der Waals surface area (Å²) < 4.78 is 3.61. The molecule has 0 amide bonds. The predicted molar refractivity (Wildman–Crippen MR) is 64.8 cm³/mol. The van der Waals surface area contributed by atoms with Crippen LogP contribution in [0.25, 0.3) is 11.0 Å². The highest BCUT2D eigenvalue weighted by atomic mass is 16.1. The molecule has 0 aliphatic carbocycles. The zero-order chi connectivity index (χ0) is 11.9. The molecule has 0 N–H and O–H groups in total. The standard InChI is InChI=1S/C12H17N3O/c1-8(2)14-10-5-6-13-7-11(10)15(9(3)4)12(14)16/h5-9H,1-4H3. The molecule has 0 fully saturated rings. The van der Waals surface area contributed by atoms with Crippen LogP contribution < -0.4 is 5.69 Å². The van der Waals surface area contributed by atoms with E-state index in [9.17, 15) is 4.79 Å². The van der Waals surface area contributed by atoms with E-state index in [0.717, 1.165) is 11.0 Å². The normalized spacial score (nSPS) is 11.9. The number of aromatic nitrogens is 3. The van der Waals surface area contributed by atoms with Gasteiger partial charge in [0.05, 0.1) is 17.2 Å². The van der Waals surface area contributed by atoms with Gasteiger partial charge in [-0.25, -0.2) is 4.79 Å². The summed E-state index contributed by atoms with van der Waals surface area (Å²) in [5.41, 5.74) is 1.92. The number of hydrogen-bond acceptors (Lipinski definition) is 2. The molecule has 16 heavy (non-hydrogen) atoms. The van der Waals surface area contributed by atoms with Crippen molar-refractivity contribution in [2.45, 2.75) is 39.8 Å². The summed E-state index contributed by atoms with van der Waals surface area (Å²) in [7, 11) is 0. The van der Waals surface area contributed by atoms with Crippen LogP contribution in [0.5, 0.6) is 0 Å². The van der Waals surface area contributed by atoms with Gasteiger partial charge in [-0.15, -0.1) is 0 Å². The van der Waals surface area contributed by atoms with Crippen molar-refractivity contribution < 1.29 is 0 Å². The molecule has 2 aromatic rings. The van der Waals surface area contributed by atoms with Crippen molar-refractivity contribution in [3.05, 3.63) is 28.9 Å². The first-order chi connectivity index (χ1) is 7.54. The second-order valence-electron chi connectivity index (χ2n) is 4.57. The Morgan fingerprint density at radius 1 is 1.06 bits per heavy atom. The highest BCUT2D eigenvalue weighted by molar-refractivity contribution is 5.75. The lowest BCUT2D eigenvalue weighted by molar-refractivity contribution is 0.533. The quantitative estimate of drug-likeness (QED) is 0.777. The Hall–Kier alpha value is -1.58. The van der Waals surface area contributed by atoms with E-state index in [0.29, 0.717) is 0 Å². The molecule has 0 unspecified atom stereocenters. The van der Waals surface area contributed by atoms with Crippen LogP contribution in [0.15, 0.2) is 23.3 Å². The zero-order valence-electron chi connectivity index (χ0n) is 10.1. The van der Waals surface area contributed by atoms with Crippen LogP contribution in [0.2, 0.25) is 0 Å². The summed E-state index contributed by atoms with van der Waals surface area (Å²) in [6.07, 6.45) is 3.49. The molecule has 0 aliphatic rings. The van der Waals surface area contributed by atoms with E-state index < -0.39 is 0 Å². The highest BCUT2D eigenvalue weighted by Gasteiger charge is 2.16. The van der Waals surface area contributed by atoms with Crippen molar-refractivity contribution in [1.82, 2.24) is 14.1 Å². The van der Waals surface area contributed by atoms with Crippen molar-refractivity contribution in [2.24, 2.45) is 0 Å². The van der Waals surface area contributed by atoms with Gasteiger partial charge in [-0.1, -0.05) is 0 Å². The molecule has 4 nitrogen and oxygen atoms in total. The third kappa shape index (κ3) is 1.45. The monoisotopic (exact) mass is 219 g/mol. The Bertz CT molecular complexity index is 515. The molecule has 2 heterocycles. The molecule has 2 aromatic heterocycles. The average molecular weight is 219 g/mol. The Morgan fingerprint density at radius 2 is 1.62 bits per heavy atom. The van der Waals surface area contributed by atoms with Gasteiger partial charge >= 0.3 is 5.69 Å². The molecule has 0 aromatic carbocycles. The SMILES string of the molecule is CC(C)n1c(=O)n(C(C)C)c2cnccc21. The summed E-state index contributed by atoms with van der Waals surface area (Å²) in [5, 5.41) is 0. The fourth-order valence-electron chi connectivity index (χ4n) is 2.09. The number of imidazole rings is 1. The first-order valence-corrected chi connectivity index (χ1v) is 5.60. The minimum atomic E-state index is 0.0491. The Labute approximate surface area is 94.5 Å². The third-order valence-corrected chi connectivity index (χ3v) is 2.74. The molecule has 0 atom stereocenters. The zero-order valence-corrected chi connectivity index (χ0v) is 10.1. The van der Waals surface area contributed by atoms with Gasteiger partial charge < -0.3 is 0 Å². The van der Waals surface area contributed by atoms with Gasteiger partial charge in [0.1, 0.15) is 0 Å². The topological polar surface area (TPSA) is 39.8 Å². The van der Waals surface area contributed by atoms with Crippen molar-refractivity contribution in [3.63, 3.8) is 0 Å². The number of hydrogen-bond donors (Lipinski definition) is 0. The maximum absolute atomic E-state index is 12.3. The molecule has 0 bridgehead atoms. The van der Waals surface area contributed by atoms with Crippen molar-refractivity contribution in [1.29, 1.82) is 0 Å². The van der Waals surface area contributed by atoms with Gasteiger partial charge in [0, 0.05) is 18.3 Å². The van der Waals surface area contributed by atoms with E-state index in [1.54, 1.807) is 17.0 Å². The summed E-state index contributed by atoms with van der Waals surface area (Å²) in [6.45, 7) is 8.06. The molecule has 0 radical (unpaired) electrons. The Kier molecular flexibility index (Phi) is 2.58. The van der Waals surface area contributed by atoms with E-state index in [1.807, 2.05) is 38.3 Å². The Balaban J connectivity index is 2.92. The number of nitrogens with zero attached hydrogens (tertiary/aromatic N) is 3. The van der Waals surface area contributed by atoms with Gasteiger partial charge in [0.2, 0.25) is 0 Å². The molecule has 86 valence electrons. The number of rotatable bonds is 2. The van der Waals surface area contributed by atoms with Gasteiger partial charge in [0.25, 0.3) is 0 Å². The predicted octanol–water partition coefficient (Wildman–Crippen LogP) is 2.36. The second kappa shape index (κ2) is 3.77.